The Morgan fingerprint density at radius 3 is 2.30 bits per heavy atom. The Hall–Kier alpha value is -3.84. The van der Waals surface area contributed by atoms with Gasteiger partial charge >= 0.3 is 5.69 Å². The Balaban J connectivity index is 1.52. The predicted octanol–water partition coefficient (Wildman–Crippen LogP) is 1.72. The fourth-order valence-corrected chi connectivity index (χ4v) is 4.28. The number of hydrogen-bond donors (Lipinski definition) is 2. The van der Waals surface area contributed by atoms with Crippen molar-refractivity contribution in [2.75, 3.05) is 41.4 Å². The molecule has 0 bridgehead atoms. The quantitative estimate of drug-likeness (QED) is 0.386. The van der Waals surface area contributed by atoms with E-state index in [2.05, 4.69) is 30.1 Å². The lowest BCUT2D eigenvalue weighted by Crippen LogP contribution is -2.47. The highest BCUT2D eigenvalue weighted by molar-refractivity contribution is 7.89. The Morgan fingerprint density at radius 2 is 1.67 bits per heavy atom. The van der Waals surface area contributed by atoms with Crippen molar-refractivity contribution in [3.63, 3.8) is 0 Å². The standard InChI is InChI=1S/C20H22N8O4S/c1-15-5-7-16(8-6-15)33(31,32)25-24-19-18(28(29)30)20(23-14-22-19)27-12-10-26(11-13-27)17-4-2-3-9-21-17/h2-9,14,25H,10-13H2,1H3,(H,22,23,24). The van der Waals surface area contributed by atoms with Crippen LogP contribution in [0.25, 0.3) is 0 Å². The van der Waals surface area contributed by atoms with Crippen LogP contribution in [-0.4, -0.2) is 54.5 Å². The molecule has 2 aromatic heterocycles. The average molecular weight is 471 g/mol. The number of nitro groups is 1. The van der Waals surface area contributed by atoms with Gasteiger partial charge in [0.25, 0.3) is 10.0 Å². The van der Waals surface area contributed by atoms with Crippen molar-refractivity contribution in [1.29, 1.82) is 0 Å². The summed E-state index contributed by atoms with van der Waals surface area (Å²) in [6, 6.07) is 11.9. The molecule has 12 nitrogen and oxygen atoms in total. The Bertz CT molecular complexity index is 1230. The van der Waals surface area contributed by atoms with Gasteiger partial charge in [-0.1, -0.05) is 23.8 Å². The minimum atomic E-state index is -3.96. The molecule has 3 heterocycles. The summed E-state index contributed by atoms with van der Waals surface area (Å²) in [7, 11) is -3.96. The molecule has 1 aliphatic rings. The van der Waals surface area contributed by atoms with Crippen LogP contribution >= 0.6 is 0 Å². The second kappa shape index (κ2) is 9.34. The van der Waals surface area contributed by atoms with Crippen LogP contribution in [0.2, 0.25) is 0 Å². The van der Waals surface area contributed by atoms with Crippen LogP contribution in [0.4, 0.5) is 23.1 Å². The van der Waals surface area contributed by atoms with Crippen molar-refractivity contribution in [3.05, 3.63) is 70.7 Å². The van der Waals surface area contributed by atoms with Gasteiger partial charge in [-0.3, -0.25) is 15.5 Å². The first-order valence-electron chi connectivity index (χ1n) is 10.1. The summed E-state index contributed by atoms with van der Waals surface area (Å²) in [6.45, 7) is 3.98. The number of benzene rings is 1. The van der Waals surface area contributed by atoms with Gasteiger partial charge in [0.1, 0.15) is 12.1 Å². The Labute approximate surface area is 190 Å². The first-order valence-corrected chi connectivity index (χ1v) is 11.6. The minimum Gasteiger partial charge on any atom is -0.353 e. The summed E-state index contributed by atoms with van der Waals surface area (Å²) >= 11 is 0. The molecule has 13 heteroatoms. The molecular formula is C20H22N8O4S. The predicted molar refractivity (Wildman–Crippen MR) is 122 cm³/mol. The molecule has 0 spiro atoms. The molecule has 33 heavy (non-hydrogen) atoms. The lowest BCUT2D eigenvalue weighted by Gasteiger charge is -2.35. The number of hydrazine groups is 1. The second-order valence-corrected chi connectivity index (χ2v) is 9.04. The highest BCUT2D eigenvalue weighted by atomic mass is 32.2. The van der Waals surface area contributed by atoms with Crippen molar-refractivity contribution in [1.82, 2.24) is 19.8 Å². The first-order chi connectivity index (χ1) is 15.8. The van der Waals surface area contributed by atoms with E-state index in [9.17, 15) is 18.5 Å². The Kier molecular flexibility index (Phi) is 6.33. The van der Waals surface area contributed by atoms with Crippen molar-refractivity contribution in [2.24, 2.45) is 0 Å². The SMILES string of the molecule is Cc1ccc(S(=O)(=O)NNc2ncnc(N3CCN(c4ccccn4)CC3)c2[N+](=O)[O-])cc1. The number of aromatic nitrogens is 3. The molecule has 3 aromatic rings. The third-order valence-electron chi connectivity index (χ3n) is 5.17. The number of nitrogens with one attached hydrogen (secondary N) is 2. The van der Waals surface area contributed by atoms with Gasteiger partial charge < -0.3 is 9.80 Å². The van der Waals surface area contributed by atoms with Crippen molar-refractivity contribution >= 4 is 33.2 Å². The Morgan fingerprint density at radius 1 is 0.970 bits per heavy atom. The molecule has 0 atom stereocenters. The molecule has 1 saturated heterocycles. The van der Waals surface area contributed by atoms with E-state index in [0.717, 1.165) is 17.7 Å². The van der Waals surface area contributed by atoms with E-state index in [1.807, 2.05) is 25.1 Å². The van der Waals surface area contributed by atoms with Gasteiger partial charge in [-0.25, -0.2) is 23.4 Å². The highest BCUT2D eigenvalue weighted by Crippen LogP contribution is 2.32. The van der Waals surface area contributed by atoms with E-state index in [-0.39, 0.29) is 16.5 Å². The van der Waals surface area contributed by atoms with Gasteiger partial charge in [0.05, 0.1) is 9.82 Å². The van der Waals surface area contributed by atoms with Crippen LogP contribution in [-0.2, 0) is 10.0 Å². The molecule has 1 fully saturated rings. The summed E-state index contributed by atoms with van der Waals surface area (Å²) in [5, 5.41) is 11.9. The number of sulfonamides is 1. The van der Waals surface area contributed by atoms with Crippen LogP contribution in [0.1, 0.15) is 5.56 Å². The van der Waals surface area contributed by atoms with E-state index in [1.54, 1.807) is 23.2 Å². The second-order valence-electron chi connectivity index (χ2n) is 7.36. The third kappa shape index (κ3) is 4.99. The van der Waals surface area contributed by atoms with E-state index in [1.165, 1.54) is 12.1 Å². The van der Waals surface area contributed by atoms with Gasteiger partial charge in [0.2, 0.25) is 11.6 Å². The highest BCUT2D eigenvalue weighted by Gasteiger charge is 2.30. The molecule has 1 aliphatic heterocycles. The molecule has 1 aromatic carbocycles. The topological polar surface area (TPSA) is 146 Å². The van der Waals surface area contributed by atoms with E-state index in [0.29, 0.717) is 26.2 Å². The monoisotopic (exact) mass is 470 g/mol. The van der Waals surface area contributed by atoms with E-state index < -0.39 is 20.6 Å². The summed E-state index contributed by atoms with van der Waals surface area (Å²) < 4.78 is 25.1. The third-order valence-corrected chi connectivity index (χ3v) is 6.44. The summed E-state index contributed by atoms with van der Waals surface area (Å²) in [5.74, 6) is 0.711. The van der Waals surface area contributed by atoms with Gasteiger partial charge in [-0.2, -0.15) is 0 Å². The van der Waals surface area contributed by atoms with Gasteiger partial charge in [-0.15, -0.1) is 4.83 Å². The van der Waals surface area contributed by atoms with Gasteiger partial charge in [-0.05, 0) is 31.2 Å². The molecule has 0 radical (unpaired) electrons. The molecular weight excluding hydrogens is 448 g/mol. The zero-order valence-corrected chi connectivity index (χ0v) is 18.6. The number of hydrogen-bond acceptors (Lipinski definition) is 10. The smallest absolute Gasteiger partial charge is 0.353 e. The fourth-order valence-electron chi connectivity index (χ4n) is 3.44. The van der Waals surface area contributed by atoms with Crippen molar-refractivity contribution in [2.45, 2.75) is 11.8 Å². The van der Waals surface area contributed by atoms with Crippen molar-refractivity contribution < 1.29 is 13.3 Å². The summed E-state index contributed by atoms with van der Waals surface area (Å²) in [6.07, 6.45) is 2.88. The first kappa shape index (κ1) is 22.4. The van der Waals surface area contributed by atoms with E-state index in [4.69, 9.17) is 0 Å². The molecule has 0 saturated carbocycles. The van der Waals surface area contributed by atoms with Crippen LogP contribution in [0.5, 0.6) is 0 Å². The van der Waals surface area contributed by atoms with Crippen molar-refractivity contribution in [3.8, 4) is 0 Å². The summed E-state index contributed by atoms with van der Waals surface area (Å²) in [4.78, 5) is 29.6. The zero-order chi connectivity index (χ0) is 23.4. The normalized spacial score (nSPS) is 14.2. The lowest BCUT2D eigenvalue weighted by molar-refractivity contribution is -0.383. The van der Waals surface area contributed by atoms with Crippen LogP contribution in [0.3, 0.4) is 0 Å². The molecule has 2 N–H and O–H groups in total. The molecule has 0 unspecified atom stereocenters. The number of aryl methyl sites for hydroxylation is 1. The number of rotatable bonds is 7. The zero-order valence-electron chi connectivity index (χ0n) is 17.7. The van der Waals surface area contributed by atoms with Crippen LogP contribution < -0.4 is 20.1 Å². The molecule has 0 aliphatic carbocycles. The maximum Gasteiger partial charge on any atom is 0.354 e. The van der Waals surface area contributed by atoms with Gasteiger partial charge in [0.15, 0.2) is 0 Å². The maximum absolute atomic E-state index is 12.5. The molecule has 0 amide bonds. The fraction of sp³-hybridized carbons (Fsp3) is 0.250. The number of anilines is 3. The van der Waals surface area contributed by atoms with Crippen LogP contribution in [0, 0.1) is 17.0 Å². The number of piperazine rings is 1. The number of pyridine rings is 1. The maximum atomic E-state index is 12.5. The van der Waals surface area contributed by atoms with Crippen LogP contribution in [0.15, 0.2) is 59.9 Å². The molecule has 172 valence electrons. The lowest BCUT2D eigenvalue weighted by atomic mass is 10.2. The van der Waals surface area contributed by atoms with E-state index >= 15 is 0 Å². The molecule has 4 rings (SSSR count). The largest absolute Gasteiger partial charge is 0.354 e. The summed E-state index contributed by atoms with van der Waals surface area (Å²) in [5.41, 5.74) is 2.88. The number of nitrogens with zero attached hydrogens (tertiary/aromatic N) is 6. The average Bonchev–Trinajstić information content (AvgIpc) is 2.83. The minimum absolute atomic E-state index is 0.0168. The van der Waals surface area contributed by atoms with Gasteiger partial charge in [0, 0.05) is 32.4 Å².